The Balaban J connectivity index is 1.81. The lowest BCUT2D eigenvalue weighted by molar-refractivity contribution is 0.230. The van der Waals surface area contributed by atoms with E-state index in [-0.39, 0.29) is 5.63 Å². The first-order chi connectivity index (χ1) is 11.7. The van der Waals surface area contributed by atoms with Gasteiger partial charge in [-0.15, -0.1) is 0 Å². The van der Waals surface area contributed by atoms with E-state index in [1.165, 1.54) is 6.42 Å². The van der Waals surface area contributed by atoms with Gasteiger partial charge in [0, 0.05) is 17.8 Å². The minimum absolute atomic E-state index is 0.337. The van der Waals surface area contributed by atoms with Gasteiger partial charge in [0.05, 0.1) is 12.0 Å². The van der Waals surface area contributed by atoms with E-state index in [9.17, 15) is 4.79 Å². The Labute approximate surface area is 142 Å². The van der Waals surface area contributed by atoms with E-state index in [4.69, 9.17) is 9.15 Å². The zero-order chi connectivity index (χ0) is 16.9. The van der Waals surface area contributed by atoms with Crippen LogP contribution in [0, 0.1) is 12.8 Å². The fourth-order valence-electron chi connectivity index (χ4n) is 3.11. The maximum atomic E-state index is 12.3. The predicted octanol–water partition coefficient (Wildman–Crippen LogP) is 4.66. The first-order valence-electron chi connectivity index (χ1n) is 8.78. The number of fused-ring (bicyclic) bond motifs is 1. The summed E-state index contributed by atoms with van der Waals surface area (Å²) in [5.74, 6) is 0.998. The van der Waals surface area contributed by atoms with Crippen LogP contribution in [0.15, 0.2) is 39.6 Å². The summed E-state index contributed by atoms with van der Waals surface area (Å²) >= 11 is 0. The van der Waals surface area contributed by atoms with Crippen molar-refractivity contribution in [2.24, 2.45) is 5.92 Å². The molecule has 1 heterocycles. The summed E-state index contributed by atoms with van der Waals surface area (Å²) < 4.78 is 10.9. The first-order valence-corrected chi connectivity index (χ1v) is 8.78. The summed E-state index contributed by atoms with van der Waals surface area (Å²) in [5.41, 5.74) is 1.50. The predicted molar refractivity (Wildman–Crippen MR) is 98.0 cm³/mol. The zero-order valence-electron chi connectivity index (χ0n) is 14.4. The van der Waals surface area contributed by atoms with Gasteiger partial charge < -0.3 is 14.5 Å². The Hall–Kier alpha value is -2.23. The molecule has 0 spiro atoms. The molecule has 24 heavy (non-hydrogen) atoms. The molecule has 0 aliphatic heterocycles. The molecule has 0 bridgehead atoms. The molecule has 0 amide bonds. The average molecular weight is 327 g/mol. The lowest BCUT2D eigenvalue weighted by Crippen LogP contribution is -2.15. The van der Waals surface area contributed by atoms with Crippen LogP contribution in [0.2, 0.25) is 0 Å². The maximum Gasteiger partial charge on any atom is 0.346 e. The van der Waals surface area contributed by atoms with Crippen LogP contribution in [0.25, 0.3) is 10.8 Å². The molecular formula is C20H25NO3. The number of ether oxygens (including phenoxy) is 1. The van der Waals surface area contributed by atoms with Gasteiger partial charge in [0.2, 0.25) is 0 Å². The number of allylic oxidation sites excluding steroid dienone is 2. The number of hydrogen-bond donors (Lipinski definition) is 1. The molecule has 2 aromatic rings. The number of benzene rings is 1. The van der Waals surface area contributed by atoms with Gasteiger partial charge in [0.15, 0.2) is 0 Å². The molecule has 4 heteroatoms. The molecule has 1 aliphatic carbocycles. The highest BCUT2D eigenvalue weighted by atomic mass is 16.6. The summed E-state index contributed by atoms with van der Waals surface area (Å²) in [4.78, 5) is 12.3. The lowest BCUT2D eigenvalue weighted by Gasteiger charge is -2.19. The van der Waals surface area contributed by atoms with E-state index in [1.54, 1.807) is 0 Å². The quantitative estimate of drug-likeness (QED) is 0.784. The highest BCUT2D eigenvalue weighted by Gasteiger charge is 2.13. The van der Waals surface area contributed by atoms with Gasteiger partial charge in [-0.1, -0.05) is 25.1 Å². The van der Waals surface area contributed by atoms with Crippen LogP contribution >= 0.6 is 0 Å². The second-order valence-electron chi connectivity index (χ2n) is 6.44. The number of anilines is 1. The molecule has 3 rings (SSSR count). The Morgan fingerprint density at radius 2 is 2.17 bits per heavy atom. The number of hydrogen-bond acceptors (Lipinski definition) is 4. The van der Waals surface area contributed by atoms with Gasteiger partial charge in [-0.2, -0.15) is 0 Å². The highest BCUT2D eigenvalue weighted by molar-refractivity contribution is 5.88. The number of aryl methyl sites for hydroxylation is 1. The third-order valence-electron chi connectivity index (χ3n) is 4.54. The number of rotatable bonds is 6. The summed E-state index contributed by atoms with van der Waals surface area (Å²) in [6, 6.07) is 5.89. The van der Waals surface area contributed by atoms with Gasteiger partial charge in [-0.3, -0.25) is 0 Å². The van der Waals surface area contributed by atoms with Gasteiger partial charge in [0.25, 0.3) is 5.95 Å². The van der Waals surface area contributed by atoms with E-state index in [0.717, 1.165) is 42.4 Å². The van der Waals surface area contributed by atoms with Crippen LogP contribution in [-0.4, -0.2) is 13.2 Å². The second kappa shape index (κ2) is 7.56. The van der Waals surface area contributed by atoms with Crippen LogP contribution < -0.4 is 15.7 Å². The van der Waals surface area contributed by atoms with Crippen molar-refractivity contribution in [1.82, 2.24) is 0 Å². The third kappa shape index (κ3) is 3.64. The van der Waals surface area contributed by atoms with E-state index >= 15 is 0 Å². The van der Waals surface area contributed by atoms with Gasteiger partial charge in [0.1, 0.15) is 0 Å². The summed E-state index contributed by atoms with van der Waals surface area (Å²) in [6.07, 6.45) is 8.88. The molecule has 128 valence electrons. The van der Waals surface area contributed by atoms with Crippen LogP contribution in [0.1, 0.15) is 38.2 Å². The smallest absolute Gasteiger partial charge is 0.346 e. The Kier molecular flexibility index (Phi) is 5.24. The summed E-state index contributed by atoms with van der Waals surface area (Å²) in [5, 5.41) is 4.95. The average Bonchev–Trinajstić information content (AvgIpc) is 2.62. The molecule has 1 unspecified atom stereocenters. The van der Waals surface area contributed by atoms with E-state index in [0.29, 0.717) is 23.9 Å². The van der Waals surface area contributed by atoms with Crippen molar-refractivity contribution in [2.45, 2.75) is 39.5 Å². The summed E-state index contributed by atoms with van der Waals surface area (Å²) in [6.45, 7) is 5.43. The van der Waals surface area contributed by atoms with Crippen molar-refractivity contribution in [3.63, 3.8) is 0 Å². The van der Waals surface area contributed by atoms with Crippen LogP contribution in [0.3, 0.4) is 0 Å². The SMILES string of the molecule is CCCOc1oc(=O)c2cc(NCC3CC=CCC3)ccc2c1C. The van der Waals surface area contributed by atoms with E-state index in [1.807, 2.05) is 32.0 Å². The first kappa shape index (κ1) is 16.6. The molecule has 1 aromatic heterocycles. The van der Waals surface area contributed by atoms with Gasteiger partial charge in [-0.05, 0) is 56.0 Å². The molecule has 0 fully saturated rings. The van der Waals surface area contributed by atoms with Crippen molar-refractivity contribution < 1.29 is 9.15 Å². The third-order valence-corrected chi connectivity index (χ3v) is 4.54. The molecule has 0 radical (unpaired) electrons. The molecule has 0 saturated heterocycles. The normalized spacial score (nSPS) is 17.2. The number of nitrogens with one attached hydrogen (secondary N) is 1. The van der Waals surface area contributed by atoms with Crippen LogP contribution in [-0.2, 0) is 0 Å². The van der Waals surface area contributed by atoms with E-state index in [2.05, 4.69) is 17.5 Å². The zero-order valence-corrected chi connectivity index (χ0v) is 14.4. The molecule has 1 atom stereocenters. The van der Waals surface area contributed by atoms with Crippen molar-refractivity contribution in [2.75, 3.05) is 18.5 Å². The second-order valence-corrected chi connectivity index (χ2v) is 6.44. The minimum Gasteiger partial charge on any atom is -0.465 e. The molecule has 1 aromatic carbocycles. The molecule has 1 aliphatic rings. The molecule has 4 nitrogen and oxygen atoms in total. The Morgan fingerprint density at radius 3 is 2.92 bits per heavy atom. The highest BCUT2D eigenvalue weighted by Crippen LogP contribution is 2.27. The van der Waals surface area contributed by atoms with Crippen molar-refractivity contribution in [3.05, 3.63) is 46.3 Å². The van der Waals surface area contributed by atoms with Crippen LogP contribution in [0.5, 0.6) is 5.95 Å². The molecule has 0 saturated carbocycles. The lowest BCUT2D eigenvalue weighted by atomic mass is 9.94. The molecule has 1 N–H and O–H groups in total. The van der Waals surface area contributed by atoms with Crippen molar-refractivity contribution >= 4 is 16.5 Å². The van der Waals surface area contributed by atoms with Crippen molar-refractivity contribution in [1.29, 1.82) is 0 Å². The summed E-state index contributed by atoms with van der Waals surface area (Å²) in [7, 11) is 0. The van der Waals surface area contributed by atoms with Gasteiger partial charge >= 0.3 is 5.63 Å². The Morgan fingerprint density at radius 1 is 1.29 bits per heavy atom. The standard InChI is InChI=1S/C20H25NO3/c1-3-11-23-20-14(2)17-10-9-16(12-18(17)19(22)24-20)21-13-15-7-5-4-6-8-15/h4-5,9-10,12,15,21H,3,6-8,11,13H2,1-2H3. The minimum atomic E-state index is -0.342. The van der Waals surface area contributed by atoms with Crippen molar-refractivity contribution in [3.8, 4) is 5.95 Å². The molecular weight excluding hydrogens is 302 g/mol. The van der Waals surface area contributed by atoms with Crippen LogP contribution in [0.4, 0.5) is 5.69 Å². The largest absolute Gasteiger partial charge is 0.465 e. The topological polar surface area (TPSA) is 51.5 Å². The fourth-order valence-corrected chi connectivity index (χ4v) is 3.11. The monoisotopic (exact) mass is 327 g/mol. The fraction of sp³-hybridized carbons (Fsp3) is 0.450. The van der Waals surface area contributed by atoms with Gasteiger partial charge in [-0.25, -0.2) is 4.79 Å². The van der Waals surface area contributed by atoms with E-state index < -0.39 is 0 Å². The maximum absolute atomic E-state index is 12.3. The Bertz CT molecular complexity index is 791.